The number of phenols is 4. The Morgan fingerprint density at radius 3 is 1.37 bits per heavy atom. The van der Waals surface area contributed by atoms with Gasteiger partial charge >= 0.3 is 0 Å². The van der Waals surface area contributed by atoms with E-state index in [0.717, 1.165) is 47.5 Å². The highest BCUT2D eigenvalue weighted by atomic mass is 32.2. The fourth-order valence-electron chi connectivity index (χ4n) is 14.6. The molecule has 101 heavy (non-hydrogen) atoms. The number of amides is 3. The number of likely N-dealkylation sites (N-methyl/N-ethyl adjacent to an activating group) is 2. The van der Waals surface area contributed by atoms with Gasteiger partial charge < -0.3 is 76.1 Å². The lowest BCUT2D eigenvalue weighted by Crippen LogP contribution is -2.58. The zero-order chi connectivity index (χ0) is 72.4. The van der Waals surface area contributed by atoms with Crippen LogP contribution < -0.4 is 16.0 Å². The number of piperidine rings is 2. The normalized spacial score (nSPS) is 24.6. The number of benzene rings is 5. The van der Waals surface area contributed by atoms with Crippen molar-refractivity contribution in [1.82, 2.24) is 25.8 Å². The van der Waals surface area contributed by atoms with Gasteiger partial charge in [0.15, 0.2) is 0 Å². The third-order valence-electron chi connectivity index (χ3n) is 21.0. The van der Waals surface area contributed by atoms with Crippen molar-refractivity contribution in [3.63, 3.8) is 0 Å². The summed E-state index contributed by atoms with van der Waals surface area (Å²) in [5.74, 6) is 4.53. The van der Waals surface area contributed by atoms with Crippen LogP contribution in [0, 0.1) is 51.4 Å². The van der Waals surface area contributed by atoms with E-state index in [0.29, 0.717) is 108 Å². The van der Waals surface area contributed by atoms with Crippen LogP contribution in [0.1, 0.15) is 127 Å². The number of hydrogen-bond acceptors (Lipinski definition) is 21. The molecule has 5 aliphatic heterocycles. The second kappa shape index (κ2) is 36.9. The van der Waals surface area contributed by atoms with Gasteiger partial charge in [-0.3, -0.25) is 24.2 Å². The monoisotopic (exact) mass is 1410 g/mol. The summed E-state index contributed by atoms with van der Waals surface area (Å²) in [5, 5.41) is 98.3. The molecule has 5 aromatic carbocycles. The number of thioether (sulfide) groups is 1. The number of hydrogen-bond donors (Lipinski definition) is 12. The van der Waals surface area contributed by atoms with Crippen molar-refractivity contribution in [2.45, 2.75) is 171 Å². The van der Waals surface area contributed by atoms with Gasteiger partial charge in [-0.05, 0) is 144 Å². The van der Waals surface area contributed by atoms with E-state index in [2.05, 4.69) is 40.7 Å². The van der Waals surface area contributed by atoms with Gasteiger partial charge in [0.05, 0.1) is 43.0 Å². The Labute approximate surface area is 597 Å². The summed E-state index contributed by atoms with van der Waals surface area (Å²) in [5.41, 5.74) is 5.27. The average molecular weight is 1410 g/mol. The van der Waals surface area contributed by atoms with E-state index in [1.165, 1.54) is 51.4 Å². The number of phenolic OH excluding ortho intramolecular Hbond substituents is 4. The number of carbonyl (C=O) groups excluding carboxylic acids is 3. The molecule has 2 saturated heterocycles. The minimum atomic E-state index is -0.912. The van der Waals surface area contributed by atoms with Gasteiger partial charge in [0.25, 0.3) is 5.91 Å². The third kappa shape index (κ3) is 19.9. The number of ether oxygens (including phenoxy) is 3. The zero-order valence-electron chi connectivity index (χ0n) is 59.2. The molecule has 548 valence electrons. The fraction of sp³-hybridized carbons (Fsp3) is 0.532. The zero-order valence-corrected chi connectivity index (χ0v) is 60.0. The number of aliphatic imine (C=N–C) groups is 3. The summed E-state index contributed by atoms with van der Waals surface area (Å²) in [7, 11) is 3.35. The van der Waals surface area contributed by atoms with Crippen LogP contribution in [0.25, 0.3) is 0 Å². The fourth-order valence-corrected chi connectivity index (χ4v) is 15.7. The summed E-state index contributed by atoms with van der Waals surface area (Å²) < 4.78 is 16.6. The van der Waals surface area contributed by atoms with Crippen molar-refractivity contribution in [2.75, 3.05) is 72.5 Å². The molecule has 2 saturated carbocycles. The molecule has 14 atom stereocenters. The summed E-state index contributed by atoms with van der Waals surface area (Å²) in [6.45, 7) is 12.0. The van der Waals surface area contributed by atoms with Gasteiger partial charge in [-0.25, -0.2) is 15.0 Å². The molecule has 4 fully saturated rings. The molecule has 0 spiro atoms. The van der Waals surface area contributed by atoms with Gasteiger partial charge in [0, 0.05) is 95.4 Å². The Hall–Kier alpha value is -7.81. The molecule has 12 rings (SSSR count). The first-order valence-electron chi connectivity index (χ1n) is 35.6. The highest BCUT2D eigenvalue weighted by molar-refractivity contribution is 7.99. The highest BCUT2D eigenvalue weighted by Gasteiger charge is 2.43. The molecule has 23 nitrogen and oxygen atoms in total. The van der Waals surface area contributed by atoms with Crippen LogP contribution >= 0.6 is 11.8 Å². The SMILES string of the molecule is CC[C@@H](O)[C@@H]1COC(c2cccc(O)c2C)=N1.CNC(=O)[C@@H]1C[C@@H]2CCCC[C@@H]2CN1C[C@@H](O)[C@@H]1COC(c2cccc(O)c2C)=N1.CNC(=O)[C@@H]1C[C@@H]2CCCC[C@@H]2CN1C[C@@H](O)[C@H](CSc1ccccc1)NC(=O)c1cccc(O)c1C.Cc1c(O)cccc1C1=N[C@H]([C@H](O)CO)CO1. The number of carbonyl (C=O) groups is 3. The first-order chi connectivity index (χ1) is 48.6. The molecular formula is C77H104N8O15S. The lowest BCUT2D eigenvalue weighted by Gasteiger charge is -2.46. The molecule has 5 heterocycles. The van der Waals surface area contributed by atoms with E-state index in [1.807, 2.05) is 63.2 Å². The van der Waals surface area contributed by atoms with E-state index in [9.17, 15) is 55.2 Å². The van der Waals surface area contributed by atoms with Gasteiger partial charge in [-0.15, -0.1) is 11.8 Å². The van der Waals surface area contributed by atoms with Gasteiger partial charge in [0.2, 0.25) is 29.5 Å². The lowest BCUT2D eigenvalue weighted by molar-refractivity contribution is -0.131. The number of likely N-dealkylation sites (tertiary alicyclic amines) is 2. The van der Waals surface area contributed by atoms with Crippen LogP contribution in [0.2, 0.25) is 0 Å². The topological polar surface area (TPSA) is 341 Å². The lowest BCUT2D eigenvalue weighted by atomic mass is 9.72. The van der Waals surface area contributed by atoms with Gasteiger partial charge in [-0.1, -0.05) is 87.9 Å². The maximum absolute atomic E-state index is 13.2. The van der Waals surface area contributed by atoms with E-state index >= 15 is 0 Å². The largest absolute Gasteiger partial charge is 0.508 e. The van der Waals surface area contributed by atoms with Crippen LogP contribution in [0.15, 0.2) is 123 Å². The number of nitrogens with one attached hydrogen (secondary N) is 3. The molecule has 12 N–H and O–H groups in total. The Morgan fingerprint density at radius 2 is 0.931 bits per heavy atom. The van der Waals surface area contributed by atoms with Crippen molar-refractivity contribution in [3.8, 4) is 23.0 Å². The number of nitrogens with zero attached hydrogens (tertiary/aromatic N) is 5. The van der Waals surface area contributed by atoms with E-state index < -0.39 is 36.5 Å². The molecule has 7 aliphatic rings. The molecule has 0 aromatic heterocycles. The predicted molar refractivity (Wildman–Crippen MR) is 389 cm³/mol. The number of aliphatic hydroxyl groups excluding tert-OH is 5. The molecule has 3 amide bonds. The van der Waals surface area contributed by atoms with E-state index in [-0.39, 0.29) is 78.1 Å². The Morgan fingerprint density at radius 1 is 0.525 bits per heavy atom. The molecule has 2 aliphatic carbocycles. The van der Waals surface area contributed by atoms with Crippen LogP contribution in [0.4, 0.5) is 0 Å². The average Bonchev–Trinajstić information content (AvgIpc) is 1.24. The molecule has 24 heteroatoms. The highest BCUT2D eigenvalue weighted by Crippen LogP contribution is 2.41. The summed E-state index contributed by atoms with van der Waals surface area (Å²) in [6, 6.07) is 28.3. The number of fused-ring (bicyclic) bond motifs is 2. The van der Waals surface area contributed by atoms with Crippen LogP contribution in [0.3, 0.4) is 0 Å². The van der Waals surface area contributed by atoms with Crippen molar-refractivity contribution < 1.29 is 74.6 Å². The second-order valence-electron chi connectivity index (χ2n) is 27.5. The predicted octanol–water partition coefficient (Wildman–Crippen LogP) is 7.23. The third-order valence-corrected chi connectivity index (χ3v) is 22.1. The Bertz CT molecular complexity index is 3590. The number of aromatic hydroxyl groups is 4. The summed E-state index contributed by atoms with van der Waals surface area (Å²) in [6.07, 6.45) is 9.10. The molecule has 5 aromatic rings. The van der Waals surface area contributed by atoms with Gasteiger partial charge in [-0.2, -0.15) is 0 Å². The van der Waals surface area contributed by atoms with Crippen molar-refractivity contribution in [3.05, 3.63) is 148 Å². The Kier molecular flexibility index (Phi) is 28.2. The molecule has 0 unspecified atom stereocenters. The van der Waals surface area contributed by atoms with Crippen LogP contribution in [0.5, 0.6) is 23.0 Å². The maximum atomic E-state index is 13.2. The quantitative estimate of drug-likeness (QED) is 0.0342. The number of β-amino-alcohol motifs (C(OH)–C–C–N with tert-alkyl or cyclic N) is 2. The molecular weight excluding hydrogens is 1310 g/mol. The molecule has 0 radical (unpaired) electrons. The van der Waals surface area contributed by atoms with E-state index in [1.54, 1.807) is 100 Å². The number of rotatable bonds is 20. The van der Waals surface area contributed by atoms with Crippen LogP contribution in [-0.4, -0.2) is 224 Å². The standard InChI is InChI=1S/C29H39N3O4S.C23H33N3O4.C13H17NO3.C12H15NO4/c1-19-23(13-8-14-26(19)33)28(35)31-24(18-37-22-11-4-3-5-12-22)27(34)17-32-16-21-10-7-6-9-20(21)15-25(32)29(36)30-2;1-14-17(8-5-9-20(14)27)23-25-18(13-30-23)21(28)12-26-11-16-7-4-3-6-15(16)10-19(26)22(29)24-2;1-3-11(15)10-7-17-13(14-10)9-5-4-6-12(16)8(9)2;1-7-8(3-2-4-10(7)15)12-13-9(6-17-12)11(16)5-14/h3-5,8,11-14,20-21,24-25,27,33-34H,6-7,9-10,15-18H2,1-2H3,(H,30,36)(H,31,35);5,8-9,15-16,18-19,21,27-28H,3-4,6-7,10-13H2,1-2H3,(H,24,29);4-6,10-11,15-16H,3,7H2,1-2H3;2-4,9,11,14-16H,5-6H2,1H3/t20-,21+,24-,25-,27+;15-,16+,18-,19-,21+;10-,11+;9-,11+/m0000/s1. The summed E-state index contributed by atoms with van der Waals surface area (Å²) in [4.78, 5) is 57.1. The first-order valence-corrected chi connectivity index (χ1v) is 36.6. The summed E-state index contributed by atoms with van der Waals surface area (Å²) >= 11 is 1.57. The Balaban J connectivity index is 0.000000166. The second-order valence-corrected chi connectivity index (χ2v) is 28.6. The first kappa shape index (κ1) is 77.4. The maximum Gasteiger partial charge on any atom is 0.252 e. The smallest absolute Gasteiger partial charge is 0.252 e. The van der Waals surface area contributed by atoms with Crippen molar-refractivity contribution in [1.29, 1.82) is 0 Å². The molecule has 0 bridgehead atoms. The van der Waals surface area contributed by atoms with Gasteiger partial charge in [0.1, 0.15) is 67.0 Å². The minimum absolute atomic E-state index is 0.00847. The van der Waals surface area contributed by atoms with E-state index in [4.69, 9.17) is 19.3 Å². The minimum Gasteiger partial charge on any atom is -0.508 e. The van der Waals surface area contributed by atoms with Crippen LogP contribution in [-0.2, 0) is 23.8 Å². The van der Waals surface area contributed by atoms with Crippen molar-refractivity contribution >= 4 is 47.2 Å². The van der Waals surface area contributed by atoms with Crippen molar-refractivity contribution in [2.24, 2.45) is 38.6 Å². The number of aliphatic hydroxyl groups is 5.